The summed E-state index contributed by atoms with van der Waals surface area (Å²) in [5.41, 5.74) is 0.431. The Hall–Kier alpha value is -1.73. The van der Waals surface area contributed by atoms with Gasteiger partial charge in [-0.25, -0.2) is 12.8 Å². The molecule has 0 saturated carbocycles. The number of halogens is 1. The van der Waals surface area contributed by atoms with Crippen LogP contribution in [0.25, 0.3) is 0 Å². The van der Waals surface area contributed by atoms with Crippen LogP contribution < -0.4 is 4.90 Å². The first kappa shape index (κ1) is 14.7. The van der Waals surface area contributed by atoms with Gasteiger partial charge in [0.2, 0.25) is 0 Å². The monoisotopic (exact) mass is 299 g/mol. The Morgan fingerprint density at radius 1 is 1.40 bits per heavy atom. The molecule has 0 unspecified atom stereocenters. The molecule has 1 aromatic rings. The maximum absolute atomic E-state index is 13.0. The minimum atomic E-state index is -3.29. The third-order valence-corrected chi connectivity index (χ3v) is 4.26. The number of hydrogen-bond donors (Lipinski definition) is 0. The molecule has 1 aromatic carbocycles. The normalized spacial score (nSPS) is 20.0. The second-order valence-corrected chi connectivity index (χ2v) is 6.33. The Bertz CT molecular complexity index is 624. The number of anilines is 1. The molecule has 0 spiro atoms. The van der Waals surface area contributed by atoms with Crippen molar-refractivity contribution in [1.82, 2.24) is 0 Å². The van der Waals surface area contributed by atoms with Gasteiger partial charge in [-0.05, 0) is 30.3 Å². The number of carbonyl (C=O) groups excluding carboxylic acids is 1. The zero-order valence-electron chi connectivity index (χ0n) is 10.8. The van der Waals surface area contributed by atoms with E-state index in [4.69, 9.17) is 4.74 Å². The number of sulfone groups is 1. The SMILES string of the molecule is COCC(=O)N(c1ccc(F)cc1)[C@H]1C=CS(=O)(=O)C1. The molecule has 0 radical (unpaired) electrons. The van der Waals surface area contributed by atoms with Crippen LogP contribution in [0, 0.1) is 5.82 Å². The van der Waals surface area contributed by atoms with Crippen molar-refractivity contribution in [1.29, 1.82) is 0 Å². The standard InChI is InChI=1S/C13H14FNO4S/c1-19-8-13(16)15(11-4-2-10(14)3-5-11)12-6-7-20(17,18)9-12/h2-7,12H,8-9H2,1H3/t12-/m0/s1. The van der Waals surface area contributed by atoms with E-state index in [1.165, 1.54) is 42.4 Å². The highest BCUT2D eigenvalue weighted by atomic mass is 32.2. The topological polar surface area (TPSA) is 63.7 Å². The highest BCUT2D eigenvalue weighted by molar-refractivity contribution is 7.94. The van der Waals surface area contributed by atoms with Crippen LogP contribution in [0.5, 0.6) is 0 Å². The average Bonchev–Trinajstić information content (AvgIpc) is 2.73. The zero-order valence-corrected chi connectivity index (χ0v) is 11.6. The van der Waals surface area contributed by atoms with Crippen LogP contribution in [0.1, 0.15) is 0 Å². The van der Waals surface area contributed by atoms with E-state index in [1.807, 2.05) is 0 Å². The fourth-order valence-electron chi connectivity index (χ4n) is 2.04. The molecule has 0 bridgehead atoms. The van der Waals surface area contributed by atoms with Gasteiger partial charge in [-0.15, -0.1) is 0 Å². The molecule has 5 nitrogen and oxygen atoms in total. The first-order valence-corrected chi connectivity index (χ1v) is 7.62. The second-order valence-electron chi connectivity index (χ2n) is 4.40. The predicted octanol–water partition coefficient (Wildman–Crippen LogP) is 1.12. The van der Waals surface area contributed by atoms with Gasteiger partial charge in [0, 0.05) is 18.2 Å². The number of benzene rings is 1. The lowest BCUT2D eigenvalue weighted by Gasteiger charge is -2.27. The van der Waals surface area contributed by atoms with Gasteiger partial charge in [0.05, 0.1) is 11.8 Å². The summed E-state index contributed by atoms with van der Waals surface area (Å²) >= 11 is 0. The Morgan fingerprint density at radius 3 is 2.55 bits per heavy atom. The van der Waals surface area contributed by atoms with Gasteiger partial charge in [0.15, 0.2) is 9.84 Å². The van der Waals surface area contributed by atoms with E-state index < -0.39 is 21.7 Å². The van der Waals surface area contributed by atoms with Crippen molar-refractivity contribution in [2.45, 2.75) is 6.04 Å². The molecule has 7 heteroatoms. The molecule has 1 amide bonds. The smallest absolute Gasteiger partial charge is 0.253 e. The van der Waals surface area contributed by atoms with Crippen LogP contribution in [-0.4, -0.2) is 39.8 Å². The van der Waals surface area contributed by atoms with Crippen molar-refractivity contribution in [2.75, 3.05) is 24.4 Å². The van der Waals surface area contributed by atoms with Crippen LogP contribution in [-0.2, 0) is 19.4 Å². The van der Waals surface area contributed by atoms with Crippen molar-refractivity contribution < 1.29 is 22.3 Å². The van der Waals surface area contributed by atoms with Gasteiger partial charge in [0.1, 0.15) is 12.4 Å². The van der Waals surface area contributed by atoms with Gasteiger partial charge in [0.25, 0.3) is 5.91 Å². The quantitative estimate of drug-likeness (QED) is 0.835. The van der Waals surface area contributed by atoms with Gasteiger partial charge in [-0.2, -0.15) is 0 Å². The minimum Gasteiger partial charge on any atom is -0.375 e. The molecular weight excluding hydrogens is 285 g/mol. The first-order chi connectivity index (χ1) is 9.43. The summed E-state index contributed by atoms with van der Waals surface area (Å²) in [7, 11) is -1.92. The number of ether oxygens (including phenoxy) is 1. The molecule has 1 atom stereocenters. The van der Waals surface area contributed by atoms with Crippen LogP contribution in [0.2, 0.25) is 0 Å². The van der Waals surface area contributed by atoms with Crippen LogP contribution >= 0.6 is 0 Å². The molecule has 0 N–H and O–H groups in total. The Labute approximate surface area is 116 Å². The van der Waals surface area contributed by atoms with E-state index in [-0.39, 0.29) is 18.3 Å². The summed E-state index contributed by atoms with van der Waals surface area (Å²) in [4.78, 5) is 13.4. The van der Waals surface area contributed by atoms with E-state index in [9.17, 15) is 17.6 Å². The molecule has 0 fully saturated rings. The lowest BCUT2D eigenvalue weighted by atomic mass is 10.2. The molecule has 1 heterocycles. The summed E-state index contributed by atoms with van der Waals surface area (Å²) < 4.78 is 40.8. The molecule has 0 saturated heterocycles. The van der Waals surface area contributed by atoms with Crippen molar-refractivity contribution in [3.8, 4) is 0 Å². The van der Waals surface area contributed by atoms with E-state index in [0.29, 0.717) is 5.69 Å². The molecular formula is C13H14FNO4S. The third-order valence-electron chi connectivity index (χ3n) is 2.88. The molecule has 1 aliphatic heterocycles. The second kappa shape index (κ2) is 5.72. The predicted molar refractivity (Wildman–Crippen MR) is 72.5 cm³/mol. The zero-order chi connectivity index (χ0) is 14.8. The fourth-order valence-corrected chi connectivity index (χ4v) is 3.30. The van der Waals surface area contributed by atoms with Crippen LogP contribution in [0.3, 0.4) is 0 Å². The molecule has 108 valence electrons. The van der Waals surface area contributed by atoms with Crippen LogP contribution in [0.4, 0.5) is 10.1 Å². The maximum atomic E-state index is 13.0. The van der Waals surface area contributed by atoms with Crippen LogP contribution in [0.15, 0.2) is 35.7 Å². The van der Waals surface area contributed by atoms with Gasteiger partial charge in [-0.1, -0.05) is 0 Å². The number of amides is 1. The fraction of sp³-hybridized carbons (Fsp3) is 0.308. The largest absolute Gasteiger partial charge is 0.375 e. The summed E-state index contributed by atoms with van der Waals surface area (Å²) in [5.74, 6) is -0.992. The van der Waals surface area contributed by atoms with E-state index in [0.717, 1.165) is 5.41 Å². The van der Waals surface area contributed by atoms with Gasteiger partial charge < -0.3 is 9.64 Å². The Balaban J connectivity index is 2.33. The number of hydrogen-bond acceptors (Lipinski definition) is 4. The number of rotatable bonds is 4. The first-order valence-electron chi connectivity index (χ1n) is 5.90. The van der Waals surface area contributed by atoms with E-state index in [1.54, 1.807) is 0 Å². The van der Waals surface area contributed by atoms with Crippen molar-refractivity contribution in [2.24, 2.45) is 0 Å². The number of nitrogens with zero attached hydrogens (tertiary/aromatic N) is 1. The summed E-state index contributed by atoms with van der Waals surface area (Å²) in [6.45, 7) is -0.179. The molecule has 0 aliphatic carbocycles. The Morgan fingerprint density at radius 2 is 2.05 bits per heavy atom. The maximum Gasteiger partial charge on any atom is 0.253 e. The van der Waals surface area contributed by atoms with Gasteiger partial charge in [-0.3, -0.25) is 4.79 Å². The summed E-state index contributed by atoms with van der Waals surface area (Å²) in [6, 6.07) is 4.70. The minimum absolute atomic E-state index is 0.179. The molecule has 0 aromatic heterocycles. The third kappa shape index (κ3) is 3.23. The van der Waals surface area contributed by atoms with Crippen molar-refractivity contribution in [3.63, 3.8) is 0 Å². The highest BCUT2D eigenvalue weighted by Gasteiger charge is 2.31. The van der Waals surface area contributed by atoms with E-state index >= 15 is 0 Å². The molecule has 1 aliphatic rings. The summed E-state index contributed by atoms with van der Waals surface area (Å²) in [6.07, 6.45) is 1.45. The Kier molecular flexibility index (Phi) is 4.20. The highest BCUT2D eigenvalue weighted by Crippen LogP contribution is 2.23. The number of carbonyl (C=O) groups is 1. The molecule has 20 heavy (non-hydrogen) atoms. The average molecular weight is 299 g/mol. The lowest BCUT2D eigenvalue weighted by Crippen LogP contribution is -2.43. The van der Waals surface area contributed by atoms with E-state index in [2.05, 4.69) is 0 Å². The van der Waals surface area contributed by atoms with Crippen molar-refractivity contribution >= 4 is 21.4 Å². The lowest BCUT2D eigenvalue weighted by molar-refractivity contribution is -0.122. The summed E-state index contributed by atoms with van der Waals surface area (Å²) in [5, 5.41) is 1.09. The van der Waals surface area contributed by atoms with Gasteiger partial charge >= 0.3 is 0 Å². The van der Waals surface area contributed by atoms with Crippen molar-refractivity contribution in [3.05, 3.63) is 41.6 Å². The molecule has 2 rings (SSSR count). The number of methoxy groups -OCH3 is 1.